The third-order valence-electron chi connectivity index (χ3n) is 2.41. The molecule has 0 atom stereocenters. The molecule has 0 radical (unpaired) electrons. The van der Waals surface area contributed by atoms with Crippen LogP contribution in [0.3, 0.4) is 0 Å². The number of amides is 1. The largest absolute Gasteiger partial charge is 0.480 e. The lowest BCUT2D eigenvalue weighted by Crippen LogP contribution is -2.36. The number of para-hydroxylation sites is 1. The van der Waals surface area contributed by atoms with Crippen LogP contribution in [-0.2, 0) is 4.79 Å². The number of furan rings is 1. The third-order valence-corrected chi connectivity index (χ3v) is 2.41. The standard InChI is InChI=1S/C13H10FNO4/c14-9-4-1-2-5-10(9)15(8-12(16)17)13(18)11-6-3-7-19-11/h1-7H,8H2,(H,16,17). The van der Waals surface area contributed by atoms with E-state index < -0.39 is 24.2 Å². The molecular weight excluding hydrogens is 253 g/mol. The molecule has 0 aliphatic rings. The van der Waals surface area contributed by atoms with E-state index in [9.17, 15) is 14.0 Å². The Balaban J connectivity index is 2.39. The Morgan fingerprint density at radius 3 is 2.53 bits per heavy atom. The van der Waals surface area contributed by atoms with Crippen molar-refractivity contribution in [2.75, 3.05) is 11.4 Å². The number of carboxylic acids is 1. The maximum Gasteiger partial charge on any atom is 0.323 e. The monoisotopic (exact) mass is 263 g/mol. The van der Waals surface area contributed by atoms with Crippen LogP contribution in [-0.4, -0.2) is 23.5 Å². The Hall–Kier alpha value is -2.63. The van der Waals surface area contributed by atoms with Crippen molar-refractivity contribution in [2.45, 2.75) is 0 Å². The van der Waals surface area contributed by atoms with Gasteiger partial charge in [-0.2, -0.15) is 0 Å². The van der Waals surface area contributed by atoms with E-state index in [-0.39, 0.29) is 11.4 Å². The highest BCUT2D eigenvalue weighted by Gasteiger charge is 2.24. The van der Waals surface area contributed by atoms with Gasteiger partial charge in [0.05, 0.1) is 12.0 Å². The summed E-state index contributed by atoms with van der Waals surface area (Å²) in [6, 6.07) is 8.34. The van der Waals surface area contributed by atoms with E-state index in [1.54, 1.807) is 0 Å². The number of carbonyl (C=O) groups is 2. The summed E-state index contributed by atoms with van der Waals surface area (Å²) in [6.07, 6.45) is 1.29. The summed E-state index contributed by atoms with van der Waals surface area (Å²) < 4.78 is 18.6. The maximum atomic E-state index is 13.7. The van der Waals surface area contributed by atoms with Gasteiger partial charge in [-0.3, -0.25) is 14.5 Å². The maximum absolute atomic E-state index is 13.7. The number of hydrogen-bond acceptors (Lipinski definition) is 3. The summed E-state index contributed by atoms with van der Waals surface area (Å²) in [7, 11) is 0. The van der Waals surface area contributed by atoms with E-state index >= 15 is 0 Å². The van der Waals surface area contributed by atoms with Crippen LogP contribution in [0.4, 0.5) is 10.1 Å². The molecule has 0 spiro atoms. The van der Waals surface area contributed by atoms with Gasteiger partial charge in [0, 0.05) is 0 Å². The van der Waals surface area contributed by atoms with Gasteiger partial charge in [-0.15, -0.1) is 0 Å². The third kappa shape index (κ3) is 2.79. The zero-order valence-corrected chi connectivity index (χ0v) is 9.75. The molecular formula is C13H10FNO4. The van der Waals surface area contributed by atoms with Gasteiger partial charge in [0.25, 0.3) is 5.91 Å². The predicted molar refractivity (Wildman–Crippen MR) is 64.4 cm³/mol. The first-order valence-electron chi connectivity index (χ1n) is 5.41. The van der Waals surface area contributed by atoms with Crippen LogP contribution in [0.2, 0.25) is 0 Å². The van der Waals surface area contributed by atoms with Gasteiger partial charge in [0.2, 0.25) is 0 Å². The molecule has 1 amide bonds. The van der Waals surface area contributed by atoms with Gasteiger partial charge in [0.1, 0.15) is 12.4 Å². The average Bonchev–Trinajstić information content (AvgIpc) is 2.90. The molecule has 1 aromatic carbocycles. The minimum atomic E-state index is -1.25. The van der Waals surface area contributed by atoms with Crippen LogP contribution in [0.5, 0.6) is 0 Å². The van der Waals surface area contributed by atoms with Crippen LogP contribution in [0.25, 0.3) is 0 Å². The second-order valence-corrected chi connectivity index (χ2v) is 3.71. The molecule has 0 unspecified atom stereocenters. The molecule has 0 aliphatic carbocycles. The molecule has 0 saturated carbocycles. The summed E-state index contributed by atoms with van der Waals surface area (Å²) in [4.78, 5) is 23.7. The molecule has 1 heterocycles. The van der Waals surface area contributed by atoms with Gasteiger partial charge < -0.3 is 9.52 Å². The number of halogens is 1. The molecule has 98 valence electrons. The van der Waals surface area contributed by atoms with Crippen molar-refractivity contribution in [2.24, 2.45) is 0 Å². The van der Waals surface area contributed by atoms with E-state index in [1.807, 2.05) is 0 Å². The number of carbonyl (C=O) groups excluding carboxylic acids is 1. The molecule has 19 heavy (non-hydrogen) atoms. The highest BCUT2D eigenvalue weighted by Crippen LogP contribution is 2.21. The Morgan fingerprint density at radius 2 is 1.95 bits per heavy atom. The van der Waals surface area contributed by atoms with Gasteiger partial charge in [-0.25, -0.2) is 4.39 Å². The molecule has 0 saturated heterocycles. The smallest absolute Gasteiger partial charge is 0.323 e. The number of hydrogen-bond donors (Lipinski definition) is 1. The van der Waals surface area contributed by atoms with Crippen LogP contribution < -0.4 is 4.90 Å². The lowest BCUT2D eigenvalue weighted by Gasteiger charge is -2.20. The minimum absolute atomic E-state index is 0.0514. The Morgan fingerprint density at radius 1 is 1.21 bits per heavy atom. The zero-order valence-electron chi connectivity index (χ0n) is 9.75. The lowest BCUT2D eigenvalue weighted by atomic mass is 10.2. The fraction of sp³-hybridized carbons (Fsp3) is 0.0769. The molecule has 0 fully saturated rings. The molecule has 2 rings (SSSR count). The summed E-state index contributed by atoms with van der Waals surface area (Å²) in [5.41, 5.74) is -0.105. The highest BCUT2D eigenvalue weighted by molar-refractivity contribution is 6.06. The minimum Gasteiger partial charge on any atom is -0.480 e. The van der Waals surface area contributed by atoms with Crippen molar-refractivity contribution < 1.29 is 23.5 Å². The Labute approximate surface area is 107 Å². The van der Waals surface area contributed by atoms with Crippen molar-refractivity contribution in [3.05, 3.63) is 54.2 Å². The van der Waals surface area contributed by atoms with Gasteiger partial charge in [0.15, 0.2) is 5.76 Å². The fourth-order valence-electron chi connectivity index (χ4n) is 1.61. The van der Waals surface area contributed by atoms with Crippen LogP contribution in [0.1, 0.15) is 10.6 Å². The van der Waals surface area contributed by atoms with E-state index in [0.29, 0.717) is 0 Å². The van der Waals surface area contributed by atoms with E-state index in [4.69, 9.17) is 9.52 Å². The van der Waals surface area contributed by atoms with E-state index in [2.05, 4.69) is 0 Å². The summed E-state index contributed by atoms with van der Waals surface area (Å²) in [5.74, 6) is -2.69. The van der Waals surface area contributed by atoms with Gasteiger partial charge in [-0.05, 0) is 24.3 Å². The van der Waals surface area contributed by atoms with Crippen LogP contribution >= 0.6 is 0 Å². The lowest BCUT2D eigenvalue weighted by molar-refractivity contribution is -0.135. The number of nitrogens with zero attached hydrogens (tertiary/aromatic N) is 1. The molecule has 2 aromatic rings. The van der Waals surface area contributed by atoms with Crippen molar-refractivity contribution in [3.8, 4) is 0 Å². The van der Waals surface area contributed by atoms with Crippen molar-refractivity contribution in [1.82, 2.24) is 0 Å². The summed E-state index contributed by atoms with van der Waals surface area (Å²) in [5, 5.41) is 8.84. The topological polar surface area (TPSA) is 70.8 Å². The molecule has 5 nitrogen and oxygen atoms in total. The number of benzene rings is 1. The normalized spacial score (nSPS) is 10.2. The summed E-state index contributed by atoms with van der Waals surface area (Å²) in [6.45, 7) is -0.652. The first-order valence-corrected chi connectivity index (χ1v) is 5.41. The predicted octanol–water partition coefficient (Wildman–Crippen LogP) is 2.15. The Bertz CT molecular complexity index is 594. The summed E-state index contributed by atoms with van der Waals surface area (Å²) >= 11 is 0. The second kappa shape index (κ2) is 5.34. The average molecular weight is 263 g/mol. The SMILES string of the molecule is O=C(O)CN(C(=O)c1ccco1)c1ccccc1F. The first kappa shape index (κ1) is 12.8. The number of rotatable bonds is 4. The quantitative estimate of drug-likeness (QED) is 0.917. The van der Waals surface area contributed by atoms with Gasteiger partial charge >= 0.3 is 5.97 Å². The van der Waals surface area contributed by atoms with E-state index in [0.717, 1.165) is 11.0 Å². The first-order chi connectivity index (χ1) is 9.09. The molecule has 0 aliphatic heterocycles. The van der Waals surface area contributed by atoms with Crippen molar-refractivity contribution in [3.63, 3.8) is 0 Å². The highest BCUT2D eigenvalue weighted by atomic mass is 19.1. The molecule has 1 N–H and O–H groups in total. The van der Waals surface area contributed by atoms with Crippen molar-refractivity contribution >= 4 is 17.6 Å². The van der Waals surface area contributed by atoms with Crippen LogP contribution in [0, 0.1) is 5.82 Å². The molecule has 6 heteroatoms. The molecule has 1 aromatic heterocycles. The number of carboxylic acid groups (broad SMARTS) is 1. The van der Waals surface area contributed by atoms with Gasteiger partial charge in [-0.1, -0.05) is 12.1 Å². The van der Waals surface area contributed by atoms with Crippen LogP contribution in [0.15, 0.2) is 47.1 Å². The van der Waals surface area contributed by atoms with Crippen molar-refractivity contribution in [1.29, 1.82) is 0 Å². The second-order valence-electron chi connectivity index (χ2n) is 3.71. The van der Waals surface area contributed by atoms with E-state index in [1.165, 1.54) is 36.6 Å². The Kier molecular flexibility index (Phi) is 3.61. The molecule has 0 bridgehead atoms. The number of anilines is 1. The fourth-order valence-corrected chi connectivity index (χ4v) is 1.61. The number of aliphatic carboxylic acids is 1. The zero-order chi connectivity index (χ0) is 13.8.